The highest BCUT2D eigenvalue weighted by Crippen LogP contribution is 2.32. The molecule has 0 bridgehead atoms. The first-order valence-corrected chi connectivity index (χ1v) is 7.37. The first-order valence-electron chi connectivity index (χ1n) is 7.37. The molecule has 0 saturated heterocycles. The second-order valence-electron chi connectivity index (χ2n) is 6.26. The zero-order chi connectivity index (χ0) is 14.2. The van der Waals surface area contributed by atoms with E-state index in [2.05, 4.69) is 17.4 Å². The van der Waals surface area contributed by atoms with E-state index in [0.29, 0.717) is 6.54 Å². The Morgan fingerprint density at radius 1 is 1.35 bits per heavy atom. The zero-order valence-corrected chi connectivity index (χ0v) is 11.9. The first-order chi connectivity index (χ1) is 9.56. The molecule has 108 valence electrons. The van der Waals surface area contributed by atoms with Crippen LogP contribution in [0.15, 0.2) is 24.3 Å². The summed E-state index contributed by atoms with van der Waals surface area (Å²) in [5.74, 6) is 0. The van der Waals surface area contributed by atoms with Gasteiger partial charge in [0.25, 0.3) is 0 Å². The largest absolute Gasteiger partial charge is 0.388 e. The van der Waals surface area contributed by atoms with Crippen LogP contribution in [0.5, 0.6) is 0 Å². The first kappa shape index (κ1) is 13.4. The van der Waals surface area contributed by atoms with Gasteiger partial charge in [0.05, 0.1) is 12.1 Å². The van der Waals surface area contributed by atoms with Gasteiger partial charge in [-0.1, -0.05) is 24.3 Å². The quantitative estimate of drug-likeness (QED) is 0.881. The second kappa shape index (κ2) is 5.09. The smallest absolute Gasteiger partial charge is 0.317 e. The fourth-order valence-electron chi connectivity index (χ4n) is 3.20. The van der Waals surface area contributed by atoms with Crippen LogP contribution < -0.4 is 5.32 Å². The third-order valence-electron chi connectivity index (χ3n) is 4.54. The van der Waals surface area contributed by atoms with E-state index in [4.69, 9.17) is 0 Å². The van der Waals surface area contributed by atoms with Crippen LogP contribution in [0.25, 0.3) is 0 Å². The highest BCUT2D eigenvalue weighted by atomic mass is 16.3. The van der Waals surface area contributed by atoms with Crippen LogP contribution in [0.1, 0.15) is 30.4 Å². The van der Waals surface area contributed by atoms with Gasteiger partial charge >= 0.3 is 6.03 Å². The molecule has 2 aliphatic carbocycles. The highest BCUT2D eigenvalue weighted by Gasteiger charge is 2.36. The standard InChI is InChI=1S/C16H22N2O2/c1-18(11-16(20)7-4-8-16)15(19)17-14-9-12-5-2-3-6-13(12)10-14/h2-3,5-6,14,20H,4,7-11H2,1H3,(H,17,19). The molecule has 2 N–H and O–H groups in total. The molecule has 0 spiro atoms. The van der Waals surface area contributed by atoms with Gasteiger partial charge in [-0.15, -0.1) is 0 Å². The van der Waals surface area contributed by atoms with Crippen molar-refractivity contribution in [3.63, 3.8) is 0 Å². The number of nitrogens with zero attached hydrogens (tertiary/aromatic N) is 1. The molecular weight excluding hydrogens is 252 g/mol. The number of urea groups is 1. The van der Waals surface area contributed by atoms with E-state index in [1.807, 2.05) is 12.1 Å². The predicted octanol–water partition coefficient (Wildman–Crippen LogP) is 1.71. The third kappa shape index (κ3) is 2.66. The Morgan fingerprint density at radius 3 is 2.45 bits per heavy atom. The van der Waals surface area contributed by atoms with Crippen molar-refractivity contribution in [3.8, 4) is 0 Å². The summed E-state index contributed by atoms with van der Waals surface area (Å²) in [6.45, 7) is 0.429. The molecule has 0 aromatic heterocycles. The number of likely N-dealkylation sites (N-methyl/N-ethyl adjacent to an activating group) is 1. The van der Waals surface area contributed by atoms with Crippen LogP contribution in [0, 0.1) is 0 Å². The van der Waals surface area contributed by atoms with Crippen molar-refractivity contribution in [2.45, 2.75) is 43.7 Å². The van der Waals surface area contributed by atoms with Crippen LogP contribution in [0.3, 0.4) is 0 Å². The molecule has 20 heavy (non-hydrogen) atoms. The van der Waals surface area contributed by atoms with Gasteiger partial charge in [0, 0.05) is 13.1 Å². The van der Waals surface area contributed by atoms with Crippen LogP contribution in [0.2, 0.25) is 0 Å². The van der Waals surface area contributed by atoms with Gasteiger partial charge in [-0.05, 0) is 43.2 Å². The molecule has 1 aromatic rings. The maximum atomic E-state index is 12.2. The number of carbonyl (C=O) groups excluding carboxylic acids is 1. The minimum atomic E-state index is -0.648. The van der Waals surface area contributed by atoms with Crippen LogP contribution in [0.4, 0.5) is 4.79 Å². The van der Waals surface area contributed by atoms with Crippen molar-refractivity contribution in [2.75, 3.05) is 13.6 Å². The summed E-state index contributed by atoms with van der Waals surface area (Å²) in [4.78, 5) is 13.8. The van der Waals surface area contributed by atoms with E-state index >= 15 is 0 Å². The molecule has 4 nitrogen and oxygen atoms in total. The SMILES string of the molecule is CN(CC1(O)CCC1)C(=O)NC1Cc2ccccc2C1. The number of carbonyl (C=O) groups is 1. The minimum absolute atomic E-state index is 0.0804. The van der Waals surface area contributed by atoms with Gasteiger partial charge in [0.15, 0.2) is 0 Å². The molecule has 0 aliphatic heterocycles. The van der Waals surface area contributed by atoms with Crippen molar-refractivity contribution in [2.24, 2.45) is 0 Å². The van der Waals surface area contributed by atoms with Crippen LogP contribution >= 0.6 is 0 Å². The van der Waals surface area contributed by atoms with E-state index in [1.165, 1.54) is 11.1 Å². The molecule has 1 aromatic carbocycles. The number of amides is 2. The van der Waals surface area contributed by atoms with Gasteiger partial charge in [0.1, 0.15) is 0 Å². The highest BCUT2D eigenvalue weighted by molar-refractivity contribution is 5.74. The topological polar surface area (TPSA) is 52.6 Å². The molecule has 3 rings (SSSR count). The van der Waals surface area contributed by atoms with Crippen molar-refractivity contribution in [1.82, 2.24) is 10.2 Å². The van der Waals surface area contributed by atoms with E-state index in [9.17, 15) is 9.90 Å². The fraction of sp³-hybridized carbons (Fsp3) is 0.562. The predicted molar refractivity (Wildman–Crippen MR) is 77.6 cm³/mol. The Bertz CT molecular complexity index is 486. The van der Waals surface area contributed by atoms with Crippen LogP contribution in [-0.4, -0.2) is 41.3 Å². The number of nitrogens with one attached hydrogen (secondary N) is 1. The lowest BCUT2D eigenvalue weighted by molar-refractivity contribution is -0.0476. The lowest BCUT2D eigenvalue weighted by Gasteiger charge is -2.39. The summed E-state index contributed by atoms with van der Waals surface area (Å²) in [5.41, 5.74) is 2.02. The molecule has 1 saturated carbocycles. The fourth-order valence-corrected chi connectivity index (χ4v) is 3.20. The third-order valence-corrected chi connectivity index (χ3v) is 4.54. The van der Waals surface area contributed by atoms with Crippen molar-refractivity contribution in [1.29, 1.82) is 0 Å². The molecule has 0 radical (unpaired) electrons. The average molecular weight is 274 g/mol. The number of rotatable bonds is 3. The summed E-state index contributed by atoms with van der Waals surface area (Å²) in [6, 6.07) is 8.44. The summed E-state index contributed by atoms with van der Waals surface area (Å²) in [5, 5.41) is 13.2. The molecule has 0 atom stereocenters. The molecule has 2 aliphatic rings. The Kier molecular flexibility index (Phi) is 3.42. The summed E-state index contributed by atoms with van der Waals surface area (Å²) in [6.07, 6.45) is 4.48. The number of fused-ring (bicyclic) bond motifs is 1. The second-order valence-corrected chi connectivity index (χ2v) is 6.26. The van der Waals surface area contributed by atoms with Gasteiger partial charge in [-0.3, -0.25) is 0 Å². The molecule has 2 amide bonds. The lowest BCUT2D eigenvalue weighted by Crippen LogP contribution is -2.52. The maximum Gasteiger partial charge on any atom is 0.317 e. The number of benzene rings is 1. The number of hydrogen-bond acceptors (Lipinski definition) is 2. The van der Waals surface area contributed by atoms with Crippen molar-refractivity contribution >= 4 is 6.03 Å². The van der Waals surface area contributed by atoms with Crippen molar-refractivity contribution < 1.29 is 9.90 Å². The van der Waals surface area contributed by atoms with Gasteiger partial charge in [-0.25, -0.2) is 4.79 Å². The summed E-state index contributed by atoms with van der Waals surface area (Å²) >= 11 is 0. The molecule has 4 heteroatoms. The van der Waals surface area contributed by atoms with Gasteiger partial charge in [0.2, 0.25) is 0 Å². The average Bonchev–Trinajstić information content (AvgIpc) is 2.78. The maximum absolute atomic E-state index is 12.2. The Labute approximate surface area is 119 Å². The number of hydrogen-bond donors (Lipinski definition) is 2. The Morgan fingerprint density at radius 2 is 1.95 bits per heavy atom. The van der Waals surface area contributed by atoms with E-state index in [1.54, 1.807) is 11.9 Å². The lowest BCUT2D eigenvalue weighted by atomic mass is 9.80. The van der Waals surface area contributed by atoms with Crippen molar-refractivity contribution in [3.05, 3.63) is 35.4 Å². The van der Waals surface area contributed by atoms with E-state index in [0.717, 1.165) is 32.1 Å². The number of aliphatic hydroxyl groups is 1. The summed E-state index contributed by atoms with van der Waals surface area (Å²) in [7, 11) is 1.76. The van der Waals surface area contributed by atoms with E-state index in [-0.39, 0.29) is 12.1 Å². The van der Waals surface area contributed by atoms with Gasteiger partial charge < -0.3 is 15.3 Å². The minimum Gasteiger partial charge on any atom is -0.388 e. The monoisotopic (exact) mass is 274 g/mol. The molecule has 1 fully saturated rings. The van der Waals surface area contributed by atoms with E-state index < -0.39 is 5.60 Å². The summed E-state index contributed by atoms with van der Waals surface area (Å²) < 4.78 is 0. The molecule has 0 heterocycles. The molecule has 0 unspecified atom stereocenters. The Balaban J connectivity index is 1.52. The normalized spacial score (nSPS) is 20.1. The zero-order valence-electron chi connectivity index (χ0n) is 11.9. The van der Waals surface area contributed by atoms with Gasteiger partial charge in [-0.2, -0.15) is 0 Å². The Hall–Kier alpha value is -1.55. The van der Waals surface area contributed by atoms with Crippen LogP contribution in [-0.2, 0) is 12.8 Å². The molecular formula is C16H22N2O2.